The molecule has 4 heteroatoms. The molecule has 1 N–H and O–H groups in total. The Morgan fingerprint density at radius 1 is 1.05 bits per heavy atom. The lowest BCUT2D eigenvalue weighted by molar-refractivity contribution is 0.0692. The lowest BCUT2D eigenvalue weighted by Gasteiger charge is -2.09. The average Bonchev–Trinajstić information content (AvgIpc) is 2.47. The van der Waals surface area contributed by atoms with Crippen molar-refractivity contribution in [3.63, 3.8) is 0 Å². The summed E-state index contributed by atoms with van der Waals surface area (Å²) in [4.78, 5) is 15.1. The number of rotatable bonds is 2. The number of pyridine rings is 1. The molecule has 20 heavy (non-hydrogen) atoms. The maximum absolute atomic E-state index is 14.3. The minimum absolute atomic E-state index is 0.267. The molecule has 0 atom stereocenters. The highest BCUT2D eigenvalue weighted by molar-refractivity contribution is 5.98. The number of carboxylic acid groups (broad SMARTS) is 1. The Kier molecular flexibility index (Phi) is 2.91. The molecule has 0 aliphatic carbocycles. The van der Waals surface area contributed by atoms with Gasteiger partial charge in [0.15, 0.2) is 0 Å². The Morgan fingerprint density at radius 3 is 2.60 bits per heavy atom. The maximum atomic E-state index is 14.3. The molecule has 3 aromatic rings. The Hall–Kier alpha value is -2.75. The number of halogens is 1. The van der Waals surface area contributed by atoms with Crippen LogP contribution in [0, 0.1) is 5.82 Å². The van der Waals surface area contributed by atoms with E-state index in [1.807, 2.05) is 18.2 Å². The number of nitrogens with zero attached hydrogens (tertiary/aromatic N) is 1. The molecule has 0 aliphatic rings. The number of carboxylic acids is 1. The van der Waals surface area contributed by atoms with Gasteiger partial charge in [-0.05, 0) is 23.1 Å². The van der Waals surface area contributed by atoms with Gasteiger partial charge in [0.1, 0.15) is 5.82 Å². The molecule has 3 nitrogen and oxygen atoms in total. The summed E-state index contributed by atoms with van der Waals surface area (Å²) >= 11 is 0. The van der Waals surface area contributed by atoms with Gasteiger partial charge in [-0.2, -0.15) is 0 Å². The van der Waals surface area contributed by atoms with E-state index in [0.717, 1.165) is 10.8 Å². The molecule has 0 radical (unpaired) electrons. The van der Waals surface area contributed by atoms with Crippen LogP contribution in [-0.2, 0) is 0 Å². The number of hydrogen-bond donors (Lipinski definition) is 1. The highest BCUT2D eigenvalue weighted by Gasteiger charge is 2.16. The van der Waals surface area contributed by atoms with E-state index in [0.29, 0.717) is 5.56 Å². The van der Waals surface area contributed by atoms with E-state index in [4.69, 9.17) is 5.11 Å². The number of aromatic carboxylic acids is 1. The lowest BCUT2D eigenvalue weighted by Crippen LogP contribution is -2.01. The second-order valence-electron chi connectivity index (χ2n) is 4.37. The first kappa shape index (κ1) is 12.3. The fourth-order valence-electron chi connectivity index (χ4n) is 2.25. The van der Waals surface area contributed by atoms with E-state index in [1.54, 1.807) is 24.5 Å². The van der Waals surface area contributed by atoms with Gasteiger partial charge in [0.2, 0.25) is 0 Å². The van der Waals surface area contributed by atoms with Gasteiger partial charge in [-0.1, -0.05) is 30.3 Å². The van der Waals surface area contributed by atoms with Gasteiger partial charge in [-0.25, -0.2) is 9.18 Å². The summed E-state index contributed by atoms with van der Waals surface area (Å²) in [7, 11) is 0. The van der Waals surface area contributed by atoms with Crippen LogP contribution < -0.4 is 0 Å². The van der Waals surface area contributed by atoms with Crippen LogP contribution in [-0.4, -0.2) is 16.1 Å². The second kappa shape index (κ2) is 4.74. The van der Waals surface area contributed by atoms with Gasteiger partial charge < -0.3 is 5.11 Å². The zero-order valence-corrected chi connectivity index (χ0v) is 10.4. The van der Waals surface area contributed by atoms with E-state index in [2.05, 4.69) is 4.98 Å². The monoisotopic (exact) mass is 267 g/mol. The number of aromatic nitrogens is 1. The molecule has 0 saturated carbocycles. The summed E-state index contributed by atoms with van der Waals surface area (Å²) < 4.78 is 14.3. The molecule has 0 bridgehead atoms. The SMILES string of the molecule is O=C(O)c1cccc(-c2cccc3ccncc23)c1F. The molecule has 3 rings (SSSR count). The first-order valence-corrected chi connectivity index (χ1v) is 6.03. The molecule has 1 heterocycles. The zero-order chi connectivity index (χ0) is 14.1. The fraction of sp³-hybridized carbons (Fsp3) is 0. The fourth-order valence-corrected chi connectivity index (χ4v) is 2.25. The Morgan fingerprint density at radius 2 is 1.80 bits per heavy atom. The summed E-state index contributed by atoms with van der Waals surface area (Å²) in [5.74, 6) is -2.00. The van der Waals surface area contributed by atoms with Crippen LogP contribution in [0.15, 0.2) is 54.9 Å². The molecule has 0 saturated heterocycles. The molecule has 0 fully saturated rings. The zero-order valence-electron chi connectivity index (χ0n) is 10.4. The molecule has 0 amide bonds. The van der Waals surface area contributed by atoms with Crippen LogP contribution in [0.2, 0.25) is 0 Å². The summed E-state index contributed by atoms with van der Waals surface area (Å²) in [6.07, 6.45) is 3.31. The standard InChI is InChI=1S/C16H10FNO2/c17-15-12(5-2-6-13(15)16(19)20)11-4-1-3-10-7-8-18-9-14(10)11/h1-9H,(H,19,20). The van der Waals surface area contributed by atoms with Gasteiger partial charge in [-0.3, -0.25) is 4.98 Å². The average molecular weight is 267 g/mol. The lowest BCUT2D eigenvalue weighted by atomic mass is 9.97. The molecular weight excluding hydrogens is 257 g/mol. The highest BCUT2D eigenvalue weighted by atomic mass is 19.1. The van der Waals surface area contributed by atoms with Crippen molar-refractivity contribution < 1.29 is 14.3 Å². The van der Waals surface area contributed by atoms with Crippen molar-refractivity contribution in [3.8, 4) is 11.1 Å². The summed E-state index contributed by atoms with van der Waals surface area (Å²) in [5.41, 5.74) is 0.572. The Bertz CT molecular complexity index is 809. The van der Waals surface area contributed by atoms with Crippen LogP contribution in [0.4, 0.5) is 4.39 Å². The molecular formula is C16H10FNO2. The van der Waals surface area contributed by atoms with Crippen LogP contribution in [0.5, 0.6) is 0 Å². The van der Waals surface area contributed by atoms with Crippen LogP contribution in [0.1, 0.15) is 10.4 Å². The molecule has 2 aromatic carbocycles. The highest BCUT2D eigenvalue weighted by Crippen LogP contribution is 2.31. The molecule has 0 spiro atoms. The van der Waals surface area contributed by atoms with E-state index >= 15 is 0 Å². The van der Waals surface area contributed by atoms with Crippen molar-refractivity contribution in [2.24, 2.45) is 0 Å². The quantitative estimate of drug-likeness (QED) is 0.769. The van der Waals surface area contributed by atoms with Gasteiger partial charge in [0.25, 0.3) is 0 Å². The van der Waals surface area contributed by atoms with Crippen molar-refractivity contribution >= 4 is 16.7 Å². The van der Waals surface area contributed by atoms with Crippen LogP contribution in [0.25, 0.3) is 21.9 Å². The van der Waals surface area contributed by atoms with E-state index in [9.17, 15) is 9.18 Å². The number of benzene rings is 2. The topological polar surface area (TPSA) is 50.2 Å². The molecule has 0 aliphatic heterocycles. The Balaban J connectivity index is 2.32. The maximum Gasteiger partial charge on any atom is 0.338 e. The summed E-state index contributed by atoms with van der Waals surface area (Å²) in [5, 5.41) is 10.7. The van der Waals surface area contributed by atoms with Crippen LogP contribution in [0.3, 0.4) is 0 Å². The smallest absolute Gasteiger partial charge is 0.338 e. The first-order valence-electron chi connectivity index (χ1n) is 6.03. The number of fused-ring (bicyclic) bond motifs is 1. The van der Waals surface area contributed by atoms with Crippen LogP contribution >= 0.6 is 0 Å². The third-order valence-corrected chi connectivity index (χ3v) is 3.20. The predicted molar refractivity (Wildman–Crippen MR) is 74.1 cm³/mol. The first-order chi connectivity index (χ1) is 9.68. The summed E-state index contributed by atoms with van der Waals surface area (Å²) in [6, 6.07) is 11.7. The van der Waals surface area contributed by atoms with Crippen molar-refractivity contribution in [3.05, 3.63) is 66.2 Å². The van der Waals surface area contributed by atoms with Gasteiger partial charge in [-0.15, -0.1) is 0 Å². The minimum atomic E-state index is -1.28. The van der Waals surface area contributed by atoms with Gasteiger partial charge >= 0.3 is 5.97 Å². The number of carbonyl (C=O) groups is 1. The van der Waals surface area contributed by atoms with E-state index in [1.165, 1.54) is 12.1 Å². The third-order valence-electron chi connectivity index (χ3n) is 3.20. The normalized spacial score (nSPS) is 10.7. The predicted octanol–water partition coefficient (Wildman–Crippen LogP) is 3.74. The largest absolute Gasteiger partial charge is 0.478 e. The molecule has 0 unspecified atom stereocenters. The molecule has 1 aromatic heterocycles. The third kappa shape index (κ3) is 1.91. The van der Waals surface area contributed by atoms with Crippen molar-refractivity contribution in [2.45, 2.75) is 0 Å². The van der Waals surface area contributed by atoms with Crippen molar-refractivity contribution in [1.29, 1.82) is 0 Å². The van der Waals surface area contributed by atoms with Crippen molar-refractivity contribution in [1.82, 2.24) is 4.98 Å². The van der Waals surface area contributed by atoms with Crippen molar-refractivity contribution in [2.75, 3.05) is 0 Å². The van der Waals surface area contributed by atoms with E-state index < -0.39 is 11.8 Å². The Labute approximate surface area is 114 Å². The second-order valence-corrected chi connectivity index (χ2v) is 4.37. The summed E-state index contributed by atoms with van der Waals surface area (Å²) in [6.45, 7) is 0. The molecule has 98 valence electrons. The van der Waals surface area contributed by atoms with E-state index in [-0.39, 0.29) is 11.1 Å². The van der Waals surface area contributed by atoms with Gasteiger partial charge in [0.05, 0.1) is 5.56 Å². The number of hydrogen-bond acceptors (Lipinski definition) is 2. The minimum Gasteiger partial charge on any atom is -0.478 e. The van der Waals surface area contributed by atoms with Gasteiger partial charge in [0, 0.05) is 23.3 Å².